The third kappa shape index (κ3) is 3.55. The Kier molecular flexibility index (Phi) is 5.04. The first-order valence-corrected chi connectivity index (χ1v) is 14.8. The highest BCUT2D eigenvalue weighted by Crippen LogP contribution is 2.38. The lowest BCUT2D eigenvalue weighted by atomic mass is 9.97. The fourth-order valence-corrected chi connectivity index (χ4v) is 6.89. The van der Waals surface area contributed by atoms with Crippen LogP contribution in [-0.2, 0) is 0 Å². The van der Waals surface area contributed by atoms with Gasteiger partial charge in [-0.3, -0.25) is 0 Å². The number of nitriles is 1. The Morgan fingerprint density at radius 2 is 1.44 bits per heavy atom. The summed E-state index contributed by atoms with van der Waals surface area (Å²) in [6, 6.07) is 36.0. The molecule has 204 valence electrons. The molecular weight excluding hydrogens is 528 g/mol. The van der Waals surface area contributed by atoms with Crippen LogP contribution in [-0.4, -0.2) is 4.57 Å². The smallest absolute Gasteiger partial charge is 0.135 e. The van der Waals surface area contributed by atoms with Gasteiger partial charge in [-0.2, -0.15) is 5.26 Å². The van der Waals surface area contributed by atoms with Gasteiger partial charge in [0.05, 0.1) is 22.7 Å². The third-order valence-corrected chi connectivity index (χ3v) is 9.13. The normalized spacial score (nSPS) is 14.7. The van der Waals surface area contributed by atoms with Crippen molar-refractivity contribution in [2.45, 2.75) is 19.8 Å². The zero-order chi connectivity index (χ0) is 28.7. The average Bonchev–Trinajstić information content (AvgIpc) is 3.72. The molecule has 1 aliphatic rings. The molecule has 0 aliphatic heterocycles. The number of nitrogens with zero attached hydrogens (tertiary/aromatic N) is 2. The van der Waals surface area contributed by atoms with Crippen LogP contribution in [0.1, 0.15) is 25.3 Å². The van der Waals surface area contributed by atoms with E-state index in [0.717, 1.165) is 89.8 Å². The molecule has 3 aromatic heterocycles. The molecule has 0 saturated carbocycles. The van der Waals surface area contributed by atoms with E-state index in [4.69, 9.17) is 8.83 Å². The number of hydrogen-bond acceptors (Lipinski definition) is 3. The second-order valence-corrected chi connectivity index (χ2v) is 11.6. The Bertz CT molecular complexity index is 2600. The minimum absolute atomic E-state index is 0.535. The lowest BCUT2D eigenvalue weighted by Gasteiger charge is -2.10. The molecule has 0 N–H and O–H groups in total. The summed E-state index contributed by atoms with van der Waals surface area (Å²) in [6.45, 7) is 2.24. The number of rotatable bonds is 3. The third-order valence-electron chi connectivity index (χ3n) is 9.13. The summed E-state index contributed by atoms with van der Waals surface area (Å²) in [5.41, 5.74) is 9.82. The van der Waals surface area contributed by atoms with Crippen molar-refractivity contribution in [3.8, 4) is 22.9 Å². The van der Waals surface area contributed by atoms with E-state index >= 15 is 0 Å². The molecule has 4 nitrogen and oxygen atoms in total. The predicted molar refractivity (Wildman–Crippen MR) is 175 cm³/mol. The van der Waals surface area contributed by atoms with E-state index in [9.17, 15) is 5.26 Å². The average molecular weight is 555 g/mol. The first-order chi connectivity index (χ1) is 21.2. The van der Waals surface area contributed by atoms with Crippen LogP contribution in [0.2, 0.25) is 0 Å². The molecule has 3 heterocycles. The van der Waals surface area contributed by atoms with Crippen LogP contribution in [0.4, 0.5) is 0 Å². The van der Waals surface area contributed by atoms with Gasteiger partial charge < -0.3 is 13.4 Å². The number of aromatic nitrogens is 1. The van der Waals surface area contributed by atoms with Crippen molar-refractivity contribution >= 4 is 66.9 Å². The quantitative estimate of drug-likeness (QED) is 0.219. The van der Waals surface area contributed by atoms with Crippen LogP contribution >= 0.6 is 0 Å². The highest BCUT2D eigenvalue weighted by atomic mass is 16.3. The fraction of sp³-hybridized carbons (Fsp3) is 0.103. The topological polar surface area (TPSA) is 55.0 Å². The molecule has 1 atom stereocenters. The van der Waals surface area contributed by atoms with Crippen molar-refractivity contribution in [1.82, 2.24) is 4.57 Å². The summed E-state index contributed by atoms with van der Waals surface area (Å²) < 4.78 is 14.6. The van der Waals surface area contributed by atoms with Gasteiger partial charge in [-0.25, -0.2) is 0 Å². The van der Waals surface area contributed by atoms with E-state index < -0.39 is 0 Å². The standard InChI is InChI=1S/C39H26N2O2/c1-2-23-8-14-37-31(17-23)33-21-27(11-16-39(33)43-37)41-34-12-7-24(22-40)18-29(34)30-19-25(9-13-35(30)41)26-10-15-38-32(20-26)28-5-3-4-6-36(28)42-38/h3-7,9-21,23H,2,8H2,1H3. The van der Waals surface area contributed by atoms with Crippen molar-refractivity contribution in [3.05, 3.63) is 113 Å². The maximum absolute atomic E-state index is 9.76. The van der Waals surface area contributed by atoms with E-state index in [2.05, 4.69) is 96.4 Å². The van der Waals surface area contributed by atoms with Gasteiger partial charge in [-0.15, -0.1) is 0 Å². The van der Waals surface area contributed by atoms with Crippen molar-refractivity contribution < 1.29 is 8.83 Å². The Balaban J connectivity index is 1.28. The lowest BCUT2D eigenvalue weighted by Crippen LogP contribution is -2.25. The maximum Gasteiger partial charge on any atom is 0.135 e. The molecule has 43 heavy (non-hydrogen) atoms. The first-order valence-electron chi connectivity index (χ1n) is 14.8. The molecule has 1 unspecified atom stereocenters. The Labute approximate surface area is 247 Å². The minimum Gasteiger partial charge on any atom is -0.456 e. The molecule has 9 rings (SSSR count). The SMILES string of the molecule is CCC1C=c2c(oc3ccc(-n4c5ccc(C#N)cc5c5cc(-c6ccc7oc8ccccc8c7c6)ccc54)cc23)=CC1. The number of hydrogen-bond donors (Lipinski definition) is 0. The molecule has 0 spiro atoms. The summed E-state index contributed by atoms with van der Waals surface area (Å²) in [5, 5.41) is 16.5. The zero-order valence-corrected chi connectivity index (χ0v) is 23.6. The summed E-state index contributed by atoms with van der Waals surface area (Å²) >= 11 is 0. The van der Waals surface area contributed by atoms with Gasteiger partial charge in [0.15, 0.2) is 0 Å². The fourth-order valence-electron chi connectivity index (χ4n) is 6.89. The first kappa shape index (κ1) is 24.1. The highest BCUT2D eigenvalue weighted by molar-refractivity contribution is 6.12. The van der Waals surface area contributed by atoms with Crippen molar-refractivity contribution in [1.29, 1.82) is 5.26 Å². The Morgan fingerprint density at radius 1 is 0.721 bits per heavy atom. The summed E-state index contributed by atoms with van der Waals surface area (Å²) in [6.07, 6.45) is 6.75. The molecule has 0 saturated heterocycles. The number of fused-ring (bicyclic) bond motifs is 9. The van der Waals surface area contributed by atoms with Crippen molar-refractivity contribution in [3.63, 3.8) is 0 Å². The minimum atomic E-state index is 0.535. The monoisotopic (exact) mass is 554 g/mol. The van der Waals surface area contributed by atoms with Crippen LogP contribution in [0, 0.1) is 17.2 Å². The second-order valence-electron chi connectivity index (χ2n) is 11.6. The molecule has 0 radical (unpaired) electrons. The molecule has 1 aliphatic carbocycles. The van der Waals surface area contributed by atoms with Gasteiger partial charge in [-0.05, 0) is 103 Å². The highest BCUT2D eigenvalue weighted by Gasteiger charge is 2.17. The van der Waals surface area contributed by atoms with Crippen LogP contribution in [0.5, 0.6) is 0 Å². The van der Waals surface area contributed by atoms with Gasteiger partial charge >= 0.3 is 0 Å². The van der Waals surface area contributed by atoms with E-state index in [1.54, 1.807) is 0 Å². The molecular formula is C39H26N2O2. The molecule has 4 heteroatoms. The molecule has 8 aromatic rings. The van der Waals surface area contributed by atoms with E-state index in [1.807, 2.05) is 30.3 Å². The summed E-state index contributed by atoms with van der Waals surface area (Å²) in [4.78, 5) is 0. The van der Waals surface area contributed by atoms with Gasteiger partial charge in [0.2, 0.25) is 0 Å². The maximum atomic E-state index is 9.76. The Morgan fingerprint density at radius 3 is 2.30 bits per heavy atom. The van der Waals surface area contributed by atoms with Crippen LogP contribution in [0.3, 0.4) is 0 Å². The predicted octanol–water partition coefficient (Wildman–Crippen LogP) is 8.96. The number of benzene rings is 5. The molecule has 0 bridgehead atoms. The molecule has 5 aromatic carbocycles. The molecule has 0 fully saturated rings. The van der Waals surface area contributed by atoms with Gasteiger partial charge in [0, 0.05) is 37.8 Å². The van der Waals surface area contributed by atoms with Crippen molar-refractivity contribution in [2.24, 2.45) is 5.92 Å². The Hall–Kier alpha value is -5.53. The van der Waals surface area contributed by atoms with Crippen molar-refractivity contribution in [2.75, 3.05) is 0 Å². The number of para-hydroxylation sites is 1. The van der Waals surface area contributed by atoms with E-state index in [-0.39, 0.29) is 0 Å². The zero-order valence-electron chi connectivity index (χ0n) is 23.6. The number of furan rings is 2. The largest absolute Gasteiger partial charge is 0.456 e. The van der Waals surface area contributed by atoms with E-state index in [0.29, 0.717) is 11.5 Å². The van der Waals surface area contributed by atoms with Crippen LogP contribution in [0.25, 0.3) is 83.7 Å². The van der Waals surface area contributed by atoms with Gasteiger partial charge in [0.1, 0.15) is 22.2 Å². The van der Waals surface area contributed by atoms with Crippen LogP contribution in [0.15, 0.2) is 106 Å². The van der Waals surface area contributed by atoms with E-state index in [1.165, 1.54) is 5.22 Å². The molecule has 0 amide bonds. The van der Waals surface area contributed by atoms with Gasteiger partial charge in [-0.1, -0.05) is 43.3 Å². The summed E-state index contributed by atoms with van der Waals surface area (Å²) in [5.74, 6) is 0.535. The van der Waals surface area contributed by atoms with Crippen LogP contribution < -0.4 is 10.6 Å². The summed E-state index contributed by atoms with van der Waals surface area (Å²) in [7, 11) is 0. The van der Waals surface area contributed by atoms with Gasteiger partial charge in [0.25, 0.3) is 0 Å². The second kappa shape index (κ2) is 8.98. The lowest BCUT2D eigenvalue weighted by molar-refractivity contribution is 0.563.